The van der Waals surface area contributed by atoms with Gasteiger partial charge in [-0.15, -0.1) is 0 Å². The summed E-state index contributed by atoms with van der Waals surface area (Å²) in [6.45, 7) is 1.80. The normalized spacial score (nSPS) is 16.0. The lowest BCUT2D eigenvalue weighted by molar-refractivity contribution is 0.0420. The van der Waals surface area contributed by atoms with E-state index in [-0.39, 0.29) is 12.1 Å². The number of hydrogen-bond acceptors (Lipinski definition) is 7. The maximum atomic E-state index is 11.9. The number of cyclic esters (lactones) is 1. The quantitative estimate of drug-likeness (QED) is 0.803. The van der Waals surface area contributed by atoms with E-state index in [2.05, 4.69) is 9.97 Å². The van der Waals surface area contributed by atoms with Crippen molar-refractivity contribution in [2.45, 2.75) is 13.0 Å². The fourth-order valence-electron chi connectivity index (χ4n) is 2.21. The summed E-state index contributed by atoms with van der Waals surface area (Å²) in [4.78, 5) is 20.1. The number of nitrogens with zero attached hydrogens (tertiary/aromatic N) is 2. The first-order valence-corrected chi connectivity index (χ1v) is 6.61. The molecule has 0 bridgehead atoms. The van der Waals surface area contributed by atoms with Gasteiger partial charge >= 0.3 is 12.0 Å². The average Bonchev–Trinajstić information content (AvgIpc) is 2.82. The van der Waals surface area contributed by atoms with Gasteiger partial charge in [-0.3, -0.25) is 0 Å². The Morgan fingerprint density at radius 3 is 2.45 bits per heavy atom. The minimum atomic E-state index is -0.423. The number of hydrogen-bond donors (Lipinski definition) is 0. The second-order valence-electron chi connectivity index (χ2n) is 4.61. The fraction of sp³-hybridized carbons (Fsp3) is 0.267. The van der Waals surface area contributed by atoms with Crippen LogP contribution in [0.2, 0.25) is 0 Å². The molecule has 7 heteroatoms. The second kappa shape index (κ2) is 5.51. The number of rotatable bonds is 4. The van der Waals surface area contributed by atoms with E-state index in [9.17, 15) is 4.79 Å². The number of carbonyl (C=O) groups is 1. The summed E-state index contributed by atoms with van der Waals surface area (Å²) < 4.78 is 21.0. The minimum Gasteiger partial charge on any atom is -0.481 e. The lowest BCUT2D eigenvalue weighted by atomic mass is 10.1. The van der Waals surface area contributed by atoms with Crippen molar-refractivity contribution >= 4 is 5.97 Å². The topological polar surface area (TPSA) is 79.8 Å². The molecule has 0 spiro atoms. The molecule has 0 radical (unpaired) electrons. The highest BCUT2D eigenvalue weighted by Gasteiger charge is 2.31. The Kier molecular flexibility index (Phi) is 3.54. The van der Waals surface area contributed by atoms with Crippen LogP contribution in [0.15, 0.2) is 24.3 Å². The molecule has 1 atom stereocenters. The summed E-state index contributed by atoms with van der Waals surface area (Å²) in [5, 5.41) is 0. The first kappa shape index (κ1) is 14.1. The number of fused-ring (bicyclic) bond motifs is 1. The van der Waals surface area contributed by atoms with Gasteiger partial charge in [-0.1, -0.05) is 12.1 Å². The maximum absolute atomic E-state index is 11.9. The van der Waals surface area contributed by atoms with Crippen LogP contribution in [0.3, 0.4) is 0 Å². The summed E-state index contributed by atoms with van der Waals surface area (Å²) in [7, 11) is 2.95. The summed E-state index contributed by atoms with van der Waals surface area (Å²) >= 11 is 0. The van der Waals surface area contributed by atoms with Crippen molar-refractivity contribution in [3.05, 3.63) is 35.4 Å². The van der Waals surface area contributed by atoms with Gasteiger partial charge in [-0.2, -0.15) is 9.97 Å². The SMILES string of the molecule is COc1cc(OC)nc(Oc2cccc3c2C(=O)OC3C)n1. The fourth-order valence-corrected chi connectivity index (χ4v) is 2.21. The smallest absolute Gasteiger partial charge is 0.342 e. The highest BCUT2D eigenvalue weighted by molar-refractivity contribution is 5.97. The molecule has 114 valence electrons. The lowest BCUT2D eigenvalue weighted by Crippen LogP contribution is -2.01. The van der Waals surface area contributed by atoms with Crippen molar-refractivity contribution in [3.8, 4) is 23.5 Å². The summed E-state index contributed by atoms with van der Waals surface area (Å²) in [5.41, 5.74) is 1.16. The molecule has 1 aromatic carbocycles. The minimum absolute atomic E-state index is 0.0250. The first-order chi connectivity index (χ1) is 10.6. The van der Waals surface area contributed by atoms with Crippen molar-refractivity contribution < 1.29 is 23.7 Å². The molecule has 1 aliphatic rings. The molecular weight excluding hydrogens is 288 g/mol. The number of esters is 1. The zero-order valence-electron chi connectivity index (χ0n) is 12.3. The first-order valence-electron chi connectivity index (χ1n) is 6.61. The van der Waals surface area contributed by atoms with Crippen molar-refractivity contribution in [1.82, 2.24) is 9.97 Å². The van der Waals surface area contributed by atoms with Crippen LogP contribution < -0.4 is 14.2 Å². The van der Waals surface area contributed by atoms with Gasteiger partial charge in [-0.05, 0) is 13.0 Å². The lowest BCUT2D eigenvalue weighted by Gasteiger charge is -2.09. The van der Waals surface area contributed by atoms with Crippen LogP contribution in [0.5, 0.6) is 23.5 Å². The molecule has 7 nitrogen and oxygen atoms in total. The zero-order valence-corrected chi connectivity index (χ0v) is 12.3. The molecule has 0 saturated carbocycles. The molecular formula is C15H14N2O5. The third kappa shape index (κ3) is 2.41. The maximum Gasteiger partial charge on any atom is 0.342 e. The number of carbonyl (C=O) groups excluding carboxylic acids is 1. The largest absolute Gasteiger partial charge is 0.481 e. The molecule has 0 amide bonds. The predicted octanol–water partition coefficient (Wildman–Crippen LogP) is 2.52. The third-order valence-corrected chi connectivity index (χ3v) is 3.26. The highest BCUT2D eigenvalue weighted by atomic mass is 16.6. The van der Waals surface area contributed by atoms with Gasteiger partial charge in [0.15, 0.2) is 0 Å². The van der Waals surface area contributed by atoms with E-state index in [4.69, 9.17) is 18.9 Å². The molecule has 0 aliphatic carbocycles. The molecule has 3 rings (SSSR count). The second-order valence-corrected chi connectivity index (χ2v) is 4.61. The van der Waals surface area contributed by atoms with E-state index in [1.54, 1.807) is 19.1 Å². The number of benzene rings is 1. The van der Waals surface area contributed by atoms with Crippen LogP contribution in [0.4, 0.5) is 0 Å². The van der Waals surface area contributed by atoms with Crippen LogP contribution in [0.1, 0.15) is 28.9 Å². The van der Waals surface area contributed by atoms with Gasteiger partial charge < -0.3 is 18.9 Å². The zero-order chi connectivity index (χ0) is 15.7. The molecule has 22 heavy (non-hydrogen) atoms. The van der Waals surface area contributed by atoms with Crippen molar-refractivity contribution in [2.75, 3.05) is 14.2 Å². The highest BCUT2D eigenvalue weighted by Crippen LogP contribution is 2.37. The Hall–Kier alpha value is -2.83. The van der Waals surface area contributed by atoms with E-state index in [1.807, 2.05) is 6.07 Å². The molecule has 1 aromatic heterocycles. The molecule has 0 N–H and O–H groups in total. The van der Waals surface area contributed by atoms with Crippen molar-refractivity contribution in [1.29, 1.82) is 0 Å². The van der Waals surface area contributed by atoms with Gasteiger partial charge in [-0.25, -0.2) is 4.79 Å². The molecule has 1 aliphatic heterocycles. The number of aromatic nitrogens is 2. The summed E-state index contributed by atoms with van der Waals surface area (Å²) in [6.07, 6.45) is -0.299. The molecule has 0 saturated heterocycles. The van der Waals surface area contributed by atoms with Crippen LogP contribution in [-0.4, -0.2) is 30.2 Å². The Bertz CT molecular complexity index is 710. The third-order valence-electron chi connectivity index (χ3n) is 3.26. The summed E-state index contributed by atoms with van der Waals surface area (Å²) in [5.74, 6) is 0.505. The monoisotopic (exact) mass is 302 g/mol. The van der Waals surface area contributed by atoms with Crippen LogP contribution in [-0.2, 0) is 4.74 Å². The van der Waals surface area contributed by atoms with E-state index in [0.717, 1.165) is 5.56 Å². The number of methoxy groups -OCH3 is 2. The molecule has 2 aromatic rings. The van der Waals surface area contributed by atoms with E-state index >= 15 is 0 Å². The van der Waals surface area contributed by atoms with Crippen LogP contribution in [0, 0.1) is 0 Å². The summed E-state index contributed by atoms with van der Waals surface area (Å²) in [6, 6.07) is 6.82. The Morgan fingerprint density at radius 2 is 1.82 bits per heavy atom. The Balaban J connectivity index is 2.00. The van der Waals surface area contributed by atoms with Gasteiger partial charge in [0, 0.05) is 5.56 Å². The van der Waals surface area contributed by atoms with Crippen LogP contribution in [0.25, 0.3) is 0 Å². The van der Waals surface area contributed by atoms with Crippen molar-refractivity contribution in [3.63, 3.8) is 0 Å². The molecule has 2 heterocycles. The molecule has 0 fully saturated rings. The number of ether oxygens (including phenoxy) is 4. The van der Waals surface area contributed by atoms with Gasteiger partial charge in [0.1, 0.15) is 17.4 Å². The predicted molar refractivity (Wildman–Crippen MR) is 75.5 cm³/mol. The van der Waals surface area contributed by atoms with Crippen molar-refractivity contribution in [2.24, 2.45) is 0 Å². The Morgan fingerprint density at radius 1 is 1.14 bits per heavy atom. The Labute approximate surface area is 126 Å². The van der Waals surface area contributed by atoms with E-state index in [0.29, 0.717) is 23.1 Å². The van der Waals surface area contributed by atoms with E-state index < -0.39 is 5.97 Å². The van der Waals surface area contributed by atoms with E-state index in [1.165, 1.54) is 20.3 Å². The molecule has 1 unspecified atom stereocenters. The van der Waals surface area contributed by atoms with Gasteiger partial charge in [0.05, 0.1) is 20.3 Å². The van der Waals surface area contributed by atoms with Gasteiger partial charge in [0.2, 0.25) is 11.8 Å². The van der Waals surface area contributed by atoms with Gasteiger partial charge in [0.25, 0.3) is 0 Å². The standard InChI is InChI=1S/C15H14N2O5/c1-8-9-5-4-6-10(13(9)14(18)21-8)22-15-16-11(19-2)7-12(17-15)20-3/h4-8H,1-3H3. The van der Waals surface area contributed by atoms with Crippen LogP contribution >= 0.6 is 0 Å². The average molecular weight is 302 g/mol.